The molecule has 0 aliphatic heterocycles. The third kappa shape index (κ3) is 3.51. The summed E-state index contributed by atoms with van der Waals surface area (Å²) in [5.74, 6) is 0.695. The van der Waals surface area contributed by atoms with E-state index in [9.17, 15) is 4.79 Å². The number of fused-ring (bicyclic) bond motifs is 1. The minimum atomic E-state index is -0.345. The van der Waals surface area contributed by atoms with Crippen LogP contribution in [0.15, 0.2) is 57.1 Å². The van der Waals surface area contributed by atoms with E-state index in [4.69, 9.17) is 9.15 Å². The van der Waals surface area contributed by atoms with E-state index < -0.39 is 0 Å². The Morgan fingerprint density at radius 3 is 2.63 bits per heavy atom. The van der Waals surface area contributed by atoms with Gasteiger partial charge in [0.1, 0.15) is 22.9 Å². The summed E-state index contributed by atoms with van der Waals surface area (Å²) in [5, 5.41) is 3.91. The number of benzene rings is 2. The second-order valence-corrected chi connectivity index (χ2v) is 7.47. The topological polar surface area (TPSA) is 52.3 Å². The van der Waals surface area contributed by atoms with Crippen molar-refractivity contribution < 1.29 is 9.15 Å². The second kappa shape index (κ2) is 7.00. The van der Waals surface area contributed by atoms with Gasteiger partial charge in [0.2, 0.25) is 0 Å². The molecule has 0 unspecified atom stereocenters. The lowest BCUT2D eigenvalue weighted by molar-refractivity contribution is 0.300. The number of hydrogen-bond donors (Lipinski definition) is 0. The van der Waals surface area contributed by atoms with Crippen molar-refractivity contribution in [3.8, 4) is 16.3 Å². The van der Waals surface area contributed by atoms with Gasteiger partial charge in [-0.1, -0.05) is 29.8 Å². The van der Waals surface area contributed by atoms with E-state index in [0.29, 0.717) is 17.9 Å². The Morgan fingerprint density at radius 2 is 1.85 bits per heavy atom. The number of rotatable bonds is 4. The van der Waals surface area contributed by atoms with Gasteiger partial charge in [0, 0.05) is 28.0 Å². The lowest BCUT2D eigenvalue weighted by Crippen LogP contribution is -2.01. The third-order valence-corrected chi connectivity index (χ3v) is 5.48. The fourth-order valence-electron chi connectivity index (χ4n) is 3.01. The minimum absolute atomic E-state index is 0.345. The minimum Gasteiger partial charge on any atom is -0.487 e. The molecule has 0 spiro atoms. The highest BCUT2D eigenvalue weighted by atomic mass is 32.1. The van der Waals surface area contributed by atoms with Crippen LogP contribution >= 0.6 is 11.3 Å². The third-order valence-electron chi connectivity index (χ3n) is 4.54. The fraction of sp³-hybridized carbons (Fsp3) is 0.182. The van der Waals surface area contributed by atoms with E-state index in [1.165, 1.54) is 11.6 Å². The molecule has 2 heterocycles. The van der Waals surface area contributed by atoms with Crippen LogP contribution in [0.1, 0.15) is 22.4 Å². The van der Waals surface area contributed by atoms with E-state index in [0.717, 1.165) is 32.8 Å². The van der Waals surface area contributed by atoms with E-state index in [-0.39, 0.29) is 5.63 Å². The van der Waals surface area contributed by atoms with Crippen LogP contribution in [-0.4, -0.2) is 4.98 Å². The van der Waals surface area contributed by atoms with Crippen LogP contribution in [-0.2, 0) is 6.61 Å². The molecular weight excluding hydrogens is 358 g/mol. The molecule has 0 saturated carbocycles. The molecule has 4 nitrogen and oxygen atoms in total. The molecule has 27 heavy (non-hydrogen) atoms. The summed E-state index contributed by atoms with van der Waals surface area (Å²) in [5.41, 5.74) is 5.17. The molecule has 0 amide bonds. The number of thiazole rings is 1. The van der Waals surface area contributed by atoms with Crippen molar-refractivity contribution in [3.05, 3.63) is 80.6 Å². The van der Waals surface area contributed by atoms with Crippen LogP contribution in [0.4, 0.5) is 0 Å². The SMILES string of the molecule is Cc1ccc(-c2nc(COc3ccc4c(C)cc(=O)oc4c3C)cs2)cc1. The number of hydrogen-bond acceptors (Lipinski definition) is 5. The average molecular weight is 377 g/mol. The Labute approximate surface area is 161 Å². The van der Waals surface area contributed by atoms with E-state index in [1.807, 2.05) is 31.4 Å². The first kappa shape index (κ1) is 17.5. The van der Waals surface area contributed by atoms with Gasteiger partial charge < -0.3 is 9.15 Å². The molecular formula is C22H19NO3S. The Morgan fingerprint density at radius 1 is 1.07 bits per heavy atom. The van der Waals surface area contributed by atoms with Gasteiger partial charge in [-0.2, -0.15) is 0 Å². The molecule has 2 aromatic carbocycles. The highest BCUT2D eigenvalue weighted by molar-refractivity contribution is 7.13. The predicted molar refractivity (Wildman–Crippen MR) is 109 cm³/mol. The normalized spacial score (nSPS) is 11.1. The van der Waals surface area contributed by atoms with E-state index in [2.05, 4.69) is 36.2 Å². The van der Waals surface area contributed by atoms with Crippen LogP contribution in [0.2, 0.25) is 0 Å². The van der Waals surface area contributed by atoms with Crippen LogP contribution in [0.3, 0.4) is 0 Å². The zero-order valence-corrected chi connectivity index (χ0v) is 16.2. The molecule has 0 fully saturated rings. The molecule has 0 aliphatic carbocycles. The molecule has 5 heteroatoms. The first-order chi connectivity index (χ1) is 13.0. The van der Waals surface area contributed by atoms with E-state index in [1.54, 1.807) is 11.3 Å². The standard InChI is InChI=1S/C22H19NO3S/c1-13-4-6-16(7-5-13)22-23-17(12-27-22)11-25-19-9-8-18-14(2)10-20(24)26-21(18)15(19)3/h4-10,12H,11H2,1-3H3. The van der Waals surface area contributed by atoms with Crippen LogP contribution in [0, 0.1) is 20.8 Å². The van der Waals surface area contributed by atoms with Crippen molar-refractivity contribution in [2.45, 2.75) is 27.4 Å². The van der Waals surface area contributed by atoms with Gasteiger partial charge in [-0.3, -0.25) is 0 Å². The summed E-state index contributed by atoms with van der Waals surface area (Å²) in [4.78, 5) is 16.4. The van der Waals surface area contributed by atoms with Crippen molar-refractivity contribution in [2.24, 2.45) is 0 Å². The summed E-state index contributed by atoms with van der Waals surface area (Å²) in [6.45, 7) is 6.24. The van der Waals surface area contributed by atoms with Crippen LogP contribution in [0.5, 0.6) is 5.75 Å². The molecule has 0 bridgehead atoms. The zero-order chi connectivity index (χ0) is 19.0. The van der Waals surface area contributed by atoms with Crippen molar-refractivity contribution in [3.63, 3.8) is 0 Å². The lowest BCUT2D eigenvalue weighted by atomic mass is 10.1. The maximum Gasteiger partial charge on any atom is 0.336 e. The van der Waals surface area contributed by atoms with Gasteiger partial charge in [0.25, 0.3) is 0 Å². The quantitative estimate of drug-likeness (QED) is 0.446. The molecule has 2 aromatic heterocycles. The van der Waals surface area contributed by atoms with Crippen LogP contribution in [0.25, 0.3) is 21.5 Å². The molecule has 0 aliphatic rings. The summed E-state index contributed by atoms with van der Waals surface area (Å²) in [6, 6.07) is 13.7. The molecule has 0 radical (unpaired) electrons. The Hall–Kier alpha value is -2.92. The van der Waals surface area contributed by atoms with Gasteiger partial charge in [0.05, 0.1) is 5.69 Å². The summed E-state index contributed by atoms with van der Waals surface area (Å²) in [6.07, 6.45) is 0. The Kier molecular flexibility index (Phi) is 4.54. The highest BCUT2D eigenvalue weighted by Gasteiger charge is 2.11. The predicted octanol–water partition coefficient (Wildman–Crippen LogP) is 5.42. The Balaban J connectivity index is 1.56. The molecule has 136 valence electrons. The van der Waals surface area contributed by atoms with E-state index >= 15 is 0 Å². The molecule has 0 N–H and O–H groups in total. The highest BCUT2D eigenvalue weighted by Crippen LogP contribution is 2.29. The number of ether oxygens (including phenoxy) is 1. The summed E-state index contributed by atoms with van der Waals surface area (Å²) < 4.78 is 11.3. The van der Waals surface area contributed by atoms with Crippen molar-refractivity contribution >= 4 is 22.3 Å². The van der Waals surface area contributed by atoms with Gasteiger partial charge in [-0.25, -0.2) is 9.78 Å². The lowest BCUT2D eigenvalue weighted by Gasteiger charge is -2.10. The maximum absolute atomic E-state index is 11.7. The van der Waals surface area contributed by atoms with Gasteiger partial charge in [-0.05, 0) is 38.5 Å². The number of aromatic nitrogens is 1. The molecule has 4 aromatic rings. The first-order valence-electron chi connectivity index (χ1n) is 8.69. The number of nitrogens with zero attached hydrogens (tertiary/aromatic N) is 1. The van der Waals surface area contributed by atoms with Gasteiger partial charge >= 0.3 is 5.63 Å². The first-order valence-corrected chi connectivity index (χ1v) is 9.57. The molecule has 4 rings (SSSR count). The largest absolute Gasteiger partial charge is 0.487 e. The molecule has 0 atom stereocenters. The Bertz CT molecular complexity index is 1170. The van der Waals surface area contributed by atoms with Crippen molar-refractivity contribution in [1.82, 2.24) is 4.98 Å². The van der Waals surface area contributed by atoms with Crippen molar-refractivity contribution in [1.29, 1.82) is 0 Å². The summed E-state index contributed by atoms with van der Waals surface area (Å²) in [7, 11) is 0. The smallest absolute Gasteiger partial charge is 0.336 e. The summed E-state index contributed by atoms with van der Waals surface area (Å²) >= 11 is 1.60. The zero-order valence-electron chi connectivity index (χ0n) is 15.4. The van der Waals surface area contributed by atoms with Crippen molar-refractivity contribution in [2.75, 3.05) is 0 Å². The maximum atomic E-state index is 11.7. The fourth-order valence-corrected chi connectivity index (χ4v) is 3.82. The number of aryl methyl sites for hydroxylation is 3. The van der Waals surface area contributed by atoms with Crippen LogP contribution < -0.4 is 10.4 Å². The monoisotopic (exact) mass is 377 g/mol. The molecule has 0 saturated heterocycles. The van der Waals surface area contributed by atoms with Gasteiger partial charge in [-0.15, -0.1) is 11.3 Å². The van der Waals surface area contributed by atoms with Gasteiger partial charge in [0.15, 0.2) is 0 Å². The average Bonchev–Trinajstić information content (AvgIpc) is 3.11. The second-order valence-electron chi connectivity index (χ2n) is 6.61.